The van der Waals surface area contributed by atoms with E-state index in [1.807, 2.05) is 32.0 Å². The Morgan fingerprint density at radius 2 is 1.85 bits per heavy atom. The van der Waals surface area contributed by atoms with Crippen molar-refractivity contribution in [2.45, 2.75) is 26.6 Å². The fraction of sp³-hybridized carbons (Fsp3) is 0.238. The molecule has 0 aliphatic carbocycles. The Bertz CT molecular complexity index is 1080. The third-order valence-electron chi connectivity index (χ3n) is 4.59. The van der Waals surface area contributed by atoms with Crippen LogP contribution in [0.5, 0.6) is 11.5 Å². The Morgan fingerprint density at radius 1 is 1.11 bits per heavy atom. The number of esters is 1. The first kappa shape index (κ1) is 17.1. The van der Waals surface area contributed by atoms with Crippen molar-refractivity contribution in [1.29, 1.82) is 0 Å². The lowest BCUT2D eigenvalue weighted by molar-refractivity contribution is -0.155. The highest BCUT2D eigenvalue weighted by Crippen LogP contribution is 2.31. The maximum atomic E-state index is 12.4. The van der Waals surface area contributed by atoms with Gasteiger partial charge in [0.15, 0.2) is 11.5 Å². The van der Waals surface area contributed by atoms with Crippen LogP contribution in [0.2, 0.25) is 0 Å². The van der Waals surface area contributed by atoms with Gasteiger partial charge < -0.3 is 18.6 Å². The van der Waals surface area contributed by atoms with E-state index in [1.165, 1.54) is 6.07 Å². The number of fused-ring (bicyclic) bond motifs is 2. The van der Waals surface area contributed by atoms with E-state index < -0.39 is 17.7 Å². The summed E-state index contributed by atoms with van der Waals surface area (Å²) < 4.78 is 21.8. The van der Waals surface area contributed by atoms with E-state index in [-0.39, 0.29) is 13.2 Å². The summed E-state index contributed by atoms with van der Waals surface area (Å²) in [7, 11) is 0. The number of carbonyl (C=O) groups excluding carboxylic acids is 1. The Morgan fingerprint density at radius 3 is 2.67 bits per heavy atom. The number of hydrogen-bond acceptors (Lipinski definition) is 6. The van der Waals surface area contributed by atoms with Crippen LogP contribution < -0.4 is 15.1 Å². The fourth-order valence-corrected chi connectivity index (χ4v) is 2.98. The minimum absolute atomic E-state index is 0.0507. The van der Waals surface area contributed by atoms with E-state index in [2.05, 4.69) is 0 Å². The molecule has 1 aliphatic heterocycles. The van der Waals surface area contributed by atoms with Gasteiger partial charge in [-0.3, -0.25) is 0 Å². The van der Waals surface area contributed by atoms with Crippen molar-refractivity contribution in [3.8, 4) is 11.5 Å². The van der Waals surface area contributed by atoms with Gasteiger partial charge in [0.2, 0.25) is 6.10 Å². The van der Waals surface area contributed by atoms with Gasteiger partial charge >= 0.3 is 11.6 Å². The zero-order valence-electron chi connectivity index (χ0n) is 15.0. The third kappa shape index (κ3) is 3.38. The Labute approximate surface area is 155 Å². The monoisotopic (exact) mass is 366 g/mol. The second kappa shape index (κ2) is 6.79. The Hall–Kier alpha value is -3.28. The Kier molecular flexibility index (Phi) is 4.32. The van der Waals surface area contributed by atoms with E-state index in [0.717, 1.165) is 16.5 Å². The summed E-state index contributed by atoms with van der Waals surface area (Å²) in [5.74, 6) is 0.552. The van der Waals surface area contributed by atoms with Crippen molar-refractivity contribution in [1.82, 2.24) is 0 Å². The molecule has 3 aromatic rings. The number of hydrogen-bond donors (Lipinski definition) is 0. The summed E-state index contributed by atoms with van der Waals surface area (Å²) in [4.78, 5) is 24.2. The van der Waals surface area contributed by atoms with E-state index in [1.54, 1.807) is 18.2 Å². The average Bonchev–Trinajstić information content (AvgIpc) is 2.67. The number of aryl methyl sites for hydroxylation is 2. The number of ether oxygens (including phenoxy) is 3. The molecule has 138 valence electrons. The van der Waals surface area contributed by atoms with Gasteiger partial charge in [-0.15, -0.1) is 0 Å². The van der Waals surface area contributed by atoms with Crippen LogP contribution in [0.25, 0.3) is 11.0 Å². The summed E-state index contributed by atoms with van der Waals surface area (Å²) >= 11 is 0. The number of para-hydroxylation sites is 2. The van der Waals surface area contributed by atoms with Crippen molar-refractivity contribution < 1.29 is 23.4 Å². The third-order valence-corrected chi connectivity index (χ3v) is 4.59. The standard InChI is InChI=1S/C21H18O6/c1-12-7-15-14(9-20(22)27-18(15)8-13(12)2)10-25-21(23)19-11-24-16-5-3-4-6-17(16)26-19/h3-9,19H,10-11H2,1-2H3/t19-/m0/s1. The van der Waals surface area contributed by atoms with Crippen LogP contribution in [-0.2, 0) is 16.1 Å². The van der Waals surface area contributed by atoms with Crippen molar-refractivity contribution in [3.05, 3.63) is 69.6 Å². The molecule has 0 fully saturated rings. The van der Waals surface area contributed by atoms with E-state index >= 15 is 0 Å². The van der Waals surface area contributed by atoms with Crippen molar-refractivity contribution in [3.63, 3.8) is 0 Å². The molecule has 0 spiro atoms. The molecule has 4 rings (SSSR count). The van der Waals surface area contributed by atoms with Crippen LogP contribution in [-0.4, -0.2) is 18.7 Å². The van der Waals surface area contributed by atoms with Crippen LogP contribution in [0.15, 0.2) is 51.7 Å². The topological polar surface area (TPSA) is 75.0 Å². The maximum absolute atomic E-state index is 12.4. The largest absolute Gasteiger partial charge is 0.485 e. The molecule has 2 heterocycles. The molecule has 6 heteroatoms. The molecule has 0 N–H and O–H groups in total. The van der Waals surface area contributed by atoms with Gasteiger partial charge in [-0.1, -0.05) is 12.1 Å². The molecule has 0 amide bonds. The highest BCUT2D eigenvalue weighted by molar-refractivity contribution is 5.82. The molecule has 0 saturated heterocycles. The van der Waals surface area contributed by atoms with Crippen LogP contribution >= 0.6 is 0 Å². The van der Waals surface area contributed by atoms with E-state index in [0.29, 0.717) is 22.6 Å². The summed E-state index contributed by atoms with van der Waals surface area (Å²) in [6.07, 6.45) is -0.852. The zero-order valence-corrected chi connectivity index (χ0v) is 15.0. The molecule has 2 aromatic carbocycles. The van der Waals surface area contributed by atoms with Crippen molar-refractivity contribution in [2.24, 2.45) is 0 Å². The summed E-state index contributed by atoms with van der Waals surface area (Å²) in [6.45, 7) is 3.94. The Balaban J connectivity index is 1.53. The molecular weight excluding hydrogens is 348 g/mol. The minimum Gasteiger partial charge on any atom is -0.485 e. The molecular formula is C21H18O6. The van der Waals surface area contributed by atoms with E-state index in [4.69, 9.17) is 18.6 Å². The van der Waals surface area contributed by atoms with Gasteiger partial charge in [0, 0.05) is 17.0 Å². The van der Waals surface area contributed by atoms with Gasteiger partial charge in [-0.2, -0.15) is 0 Å². The van der Waals surface area contributed by atoms with E-state index in [9.17, 15) is 9.59 Å². The quantitative estimate of drug-likeness (QED) is 0.523. The minimum atomic E-state index is -0.852. The summed E-state index contributed by atoms with van der Waals surface area (Å²) in [5.41, 5.74) is 2.66. The van der Waals surface area contributed by atoms with Gasteiger partial charge in [-0.25, -0.2) is 9.59 Å². The van der Waals surface area contributed by atoms with Crippen LogP contribution in [0, 0.1) is 13.8 Å². The molecule has 1 aromatic heterocycles. The normalized spacial score (nSPS) is 15.6. The molecule has 0 radical (unpaired) electrons. The molecule has 27 heavy (non-hydrogen) atoms. The smallest absolute Gasteiger partial charge is 0.351 e. The number of rotatable bonds is 3. The maximum Gasteiger partial charge on any atom is 0.351 e. The predicted octanol–water partition coefficient (Wildman–Crippen LogP) is 3.29. The predicted molar refractivity (Wildman–Crippen MR) is 98.1 cm³/mol. The average molecular weight is 366 g/mol. The zero-order chi connectivity index (χ0) is 19.0. The lowest BCUT2D eigenvalue weighted by atomic mass is 10.0. The molecule has 1 atom stereocenters. The second-order valence-electron chi connectivity index (χ2n) is 6.50. The summed E-state index contributed by atoms with van der Waals surface area (Å²) in [5, 5.41) is 0.747. The first-order valence-corrected chi connectivity index (χ1v) is 8.60. The van der Waals surface area contributed by atoms with Crippen LogP contribution in [0.4, 0.5) is 0 Å². The van der Waals surface area contributed by atoms with Crippen molar-refractivity contribution in [2.75, 3.05) is 6.61 Å². The number of benzene rings is 2. The number of carbonyl (C=O) groups is 1. The van der Waals surface area contributed by atoms with Gasteiger partial charge in [0.25, 0.3) is 0 Å². The molecule has 0 unspecified atom stereocenters. The van der Waals surface area contributed by atoms with Crippen molar-refractivity contribution >= 4 is 16.9 Å². The van der Waals surface area contributed by atoms with Gasteiger partial charge in [-0.05, 0) is 49.2 Å². The molecule has 0 bridgehead atoms. The first-order chi connectivity index (χ1) is 13.0. The lowest BCUT2D eigenvalue weighted by Gasteiger charge is -2.25. The SMILES string of the molecule is Cc1cc2oc(=O)cc(COC(=O)[C@@H]3COc4ccccc4O3)c2cc1C. The fourth-order valence-electron chi connectivity index (χ4n) is 2.98. The van der Waals surface area contributed by atoms with Crippen LogP contribution in [0.1, 0.15) is 16.7 Å². The van der Waals surface area contributed by atoms with Gasteiger partial charge in [0.1, 0.15) is 18.8 Å². The first-order valence-electron chi connectivity index (χ1n) is 8.60. The van der Waals surface area contributed by atoms with Crippen LogP contribution in [0.3, 0.4) is 0 Å². The van der Waals surface area contributed by atoms with Gasteiger partial charge in [0.05, 0.1) is 0 Å². The summed E-state index contributed by atoms with van der Waals surface area (Å²) in [6, 6.07) is 12.2. The lowest BCUT2D eigenvalue weighted by Crippen LogP contribution is -2.37. The molecule has 0 saturated carbocycles. The second-order valence-corrected chi connectivity index (χ2v) is 6.50. The highest BCUT2D eigenvalue weighted by Gasteiger charge is 2.28. The highest BCUT2D eigenvalue weighted by atomic mass is 16.6. The molecule has 1 aliphatic rings. The molecule has 6 nitrogen and oxygen atoms in total.